The maximum Gasteiger partial charge on any atom is 0.270 e. The highest BCUT2D eigenvalue weighted by molar-refractivity contribution is 8.26. The number of aromatic nitrogens is 1. The minimum atomic E-state index is -0.271. The van der Waals surface area contributed by atoms with Gasteiger partial charge in [0.1, 0.15) is 21.8 Å². The van der Waals surface area contributed by atoms with Gasteiger partial charge in [-0.3, -0.25) is 19.1 Å². The fourth-order valence-electron chi connectivity index (χ4n) is 4.49. The van der Waals surface area contributed by atoms with Crippen LogP contribution < -0.4 is 10.5 Å². The Kier molecular flexibility index (Phi) is 6.51. The number of nitriles is 1. The maximum absolute atomic E-state index is 13.2. The van der Waals surface area contributed by atoms with E-state index in [1.165, 1.54) is 11.8 Å². The van der Waals surface area contributed by atoms with Gasteiger partial charge in [0.05, 0.1) is 17.6 Å². The molecule has 1 aromatic heterocycles. The molecule has 9 heteroatoms. The molecule has 0 spiro atoms. The number of anilines is 1. The summed E-state index contributed by atoms with van der Waals surface area (Å²) in [6.07, 6.45) is 5.89. The molecule has 0 radical (unpaired) electrons. The Hall–Kier alpha value is -2.15. The molecule has 3 saturated heterocycles. The Morgan fingerprint density at radius 1 is 1.29 bits per heavy atom. The van der Waals surface area contributed by atoms with Gasteiger partial charge in [0.25, 0.3) is 11.5 Å². The molecule has 1 aromatic rings. The van der Waals surface area contributed by atoms with Crippen LogP contribution in [0.15, 0.2) is 9.70 Å². The summed E-state index contributed by atoms with van der Waals surface area (Å²) >= 11 is 6.77. The Morgan fingerprint density at radius 3 is 2.65 bits per heavy atom. The lowest BCUT2D eigenvalue weighted by molar-refractivity contribution is -0.123. The highest BCUT2D eigenvalue weighted by atomic mass is 32.2. The average Bonchev–Trinajstić information content (AvgIpc) is 3.50. The van der Waals surface area contributed by atoms with Crippen molar-refractivity contribution in [3.63, 3.8) is 0 Å². The lowest BCUT2D eigenvalue weighted by atomic mass is 10.0. The largest absolute Gasteiger partial charge is 0.376 e. The number of hydrogen-bond acceptors (Lipinski definition) is 7. The van der Waals surface area contributed by atoms with Crippen LogP contribution in [0, 0.1) is 18.3 Å². The van der Waals surface area contributed by atoms with Gasteiger partial charge in [-0.15, -0.1) is 0 Å². The number of amides is 1. The number of thiocarbonyl (C=S) groups is 1. The van der Waals surface area contributed by atoms with E-state index in [2.05, 4.69) is 11.0 Å². The summed E-state index contributed by atoms with van der Waals surface area (Å²) in [6.45, 7) is 7.06. The van der Waals surface area contributed by atoms with Crippen LogP contribution in [-0.2, 0) is 16.1 Å². The molecule has 0 bridgehead atoms. The molecule has 1 atom stereocenters. The third kappa shape index (κ3) is 4.04. The molecule has 1 amide bonds. The second kappa shape index (κ2) is 9.15. The van der Waals surface area contributed by atoms with Gasteiger partial charge in [-0.1, -0.05) is 24.0 Å². The first kappa shape index (κ1) is 22.1. The van der Waals surface area contributed by atoms with Crippen molar-refractivity contribution in [1.82, 2.24) is 9.47 Å². The molecule has 4 heterocycles. The normalized spacial score (nSPS) is 22.7. The molecule has 0 aromatic carbocycles. The Bertz CT molecular complexity index is 1040. The number of pyridine rings is 1. The number of thioether (sulfide) groups is 1. The van der Waals surface area contributed by atoms with Gasteiger partial charge in [-0.25, -0.2) is 0 Å². The van der Waals surface area contributed by atoms with Crippen LogP contribution in [0.5, 0.6) is 0 Å². The fraction of sp³-hybridized carbons (Fsp3) is 0.545. The minimum absolute atomic E-state index is 0.0240. The van der Waals surface area contributed by atoms with E-state index < -0.39 is 0 Å². The summed E-state index contributed by atoms with van der Waals surface area (Å²) in [6, 6.07) is 2.07. The van der Waals surface area contributed by atoms with Gasteiger partial charge in [-0.05, 0) is 51.2 Å². The van der Waals surface area contributed by atoms with Gasteiger partial charge < -0.3 is 9.64 Å². The first-order valence-electron chi connectivity index (χ1n) is 10.8. The van der Waals surface area contributed by atoms with E-state index >= 15 is 0 Å². The Labute approximate surface area is 191 Å². The van der Waals surface area contributed by atoms with E-state index in [1.807, 2.05) is 13.0 Å². The second-order valence-electron chi connectivity index (χ2n) is 8.02. The predicted octanol–water partition coefficient (Wildman–Crippen LogP) is 3.03. The molecule has 7 nitrogen and oxygen atoms in total. The van der Waals surface area contributed by atoms with Crippen LogP contribution >= 0.6 is 24.0 Å². The fourth-order valence-corrected chi connectivity index (χ4v) is 5.74. The van der Waals surface area contributed by atoms with Gasteiger partial charge >= 0.3 is 0 Å². The average molecular weight is 459 g/mol. The van der Waals surface area contributed by atoms with Crippen LogP contribution in [-0.4, -0.2) is 52.0 Å². The highest BCUT2D eigenvalue weighted by Crippen LogP contribution is 2.37. The third-order valence-electron chi connectivity index (χ3n) is 6.13. The van der Waals surface area contributed by atoms with Crippen molar-refractivity contribution < 1.29 is 9.53 Å². The van der Waals surface area contributed by atoms with Crippen molar-refractivity contribution in [2.24, 2.45) is 0 Å². The molecule has 3 aliphatic heterocycles. The summed E-state index contributed by atoms with van der Waals surface area (Å²) in [4.78, 5) is 30.5. The second-order valence-corrected chi connectivity index (χ2v) is 9.70. The SMILES string of the molecule is CCn1c(N2CCCC2)c(/C=C2\SC(=S)N(CC3CCCO3)C2=O)c(C)c(C#N)c1=O. The van der Waals surface area contributed by atoms with Crippen LogP contribution in [0.2, 0.25) is 0 Å². The molecule has 0 aliphatic carbocycles. The summed E-state index contributed by atoms with van der Waals surface area (Å²) in [5.41, 5.74) is 1.24. The van der Waals surface area contributed by atoms with E-state index in [4.69, 9.17) is 17.0 Å². The first-order chi connectivity index (χ1) is 15.0. The van der Waals surface area contributed by atoms with Crippen LogP contribution in [0.4, 0.5) is 5.82 Å². The summed E-state index contributed by atoms with van der Waals surface area (Å²) in [5, 5.41) is 9.64. The van der Waals surface area contributed by atoms with Crippen molar-refractivity contribution in [3.8, 4) is 6.07 Å². The van der Waals surface area contributed by atoms with E-state index in [-0.39, 0.29) is 23.1 Å². The lowest BCUT2D eigenvalue weighted by Crippen LogP contribution is -2.35. The van der Waals surface area contributed by atoms with Crippen LogP contribution in [0.25, 0.3) is 6.08 Å². The zero-order valence-corrected chi connectivity index (χ0v) is 19.5. The predicted molar refractivity (Wildman–Crippen MR) is 126 cm³/mol. The molecule has 3 fully saturated rings. The van der Waals surface area contributed by atoms with Gasteiger partial charge in [0, 0.05) is 31.8 Å². The van der Waals surface area contributed by atoms with Crippen molar-refractivity contribution in [1.29, 1.82) is 5.26 Å². The van der Waals surface area contributed by atoms with Crippen molar-refractivity contribution >= 4 is 46.1 Å². The number of rotatable bonds is 5. The first-order valence-corrected chi connectivity index (χ1v) is 12.0. The molecular formula is C22H26N4O3S2. The van der Waals surface area contributed by atoms with Crippen LogP contribution in [0.3, 0.4) is 0 Å². The number of hydrogen-bond donors (Lipinski definition) is 0. The van der Waals surface area contributed by atoms with Crippen molar-refractivity contribution in [2.45, 2.75) is 52.2 Å². The van der Waals surface area contributed by atoms with Crippen LogP contribution in [0.1, 0.15) is 49.3 Å². The number of carbonyl (C=O) groups excluding carboxylic acids is 1. The third-order valence-corrected chi connectivity index (χ3v) is 7.51. The Balaban J connectivity index is 1.79. The van der Waals surface area contributed by atoms with Gasteiger partial charge in [0.2, 0.25) is 0 Å². The van der Waals surface area contributed by atoms with Crippen molar-refractivity contribution in [2.75, 3.05) is 31.1 Å². The molecule has 164 valence electrons. The zero-order chi connectivity index (χ0) is 22.1. The van der Waals surface area contributed by atoms with Crippen molar-refractivity contribution in [3.05, 3.63) is 31.9 Å². The lowest BCUT2D eigenvalue weighted by Gasteiger charge is -2.26. The number of carbonyl (C=O) groups is 1. The van der Waals surface area contributed by atoms with Gasteiger partial charge in [-0.2, -0.15) is 5.26 Å². The molecule has 0 saturated carbocycles. The highest BCUT2D eigenvalue weighted by Gasteiger charge is 2.35. The number of nitrogens with zero attached hydrogens (tertiary/aromatic N) is 4. The molecule has 3 aliphatic rings. The van der Waals surface area contributed by atoms with E-state index in [9.17, 15) is 14.9 Å². The van der Waals surface area contributed by atoms with Gasteiger partial charge in [0.15, 0.2) is 0 Å². The molecule has 1 unspecified atom stereocenters. The zero-order valence-electron chi connectivity index (χ0n) is 17.8. The topological polar surface area (TPSA) is 78.6 Å². The molecular weight excluding hydrogens is 432 g/mol. The standard InChI is InChI=1S/C22H26N4O3S2/c1-3-25-19(24-8-4-5-9-24)16(14(2)17(12-23)20(25)27)11-18-21(28)26(22(30)31-18)13-15-7-6-10-29-15/h11,15H,3-10,13H2,1-2H3/b18-11-. The monoisotopic (exact) mass is 458 g/mol. The van der Waals surface area contributed by atoms with E-state index in [0.29, 0.717) is 27.9 Å². The summed E-state index contributed by atoms with van der Waals surface area (Å²) < 4.78 is 7.87. The maximum atomic E-state index is 13.2. The van der Waals surface area contributed by atoms with E-state index in [0.717, 1.165) is 56.8 Å². The molecule has 31 heavy (non-hydrogen) atoms. The molecule has 4 rings (SSSR count). The number of ether oxygens (including phenoxy) is 1. The summed E-state index contributed by atoms with van der Waals surface area (Å²) in [7, 11) is 0. The summed E-state index contributed by atoms with van der Waals surface area (Å²) in [5.74, 6) is 0.663. The molecule has 0 N–H and O–H groups in total. The Morgan fingerprint density at radius 2 is 2.03 bits per heavy atom. The minimum Gasteiger partial charge on any atom is -0.376 e. The quantitative estimate of drug-likeness (QED) is 0.496. The van der Waals surface area contributed by atoms with E-state index in [1.54, 1.807) is 16.4 Å². The smallest absolute Gasteiger partial charge is 0.270 e.